The molecule has 0 N–H and O–H groups in total. The van der Waals surface area contributed by atoms with Crippen LogP contribution < -0.4 is 0 Å². The van der Waals surface area contributed by atoms with Crippen LogP contribution in [-0.4, -0.2) is 55.2 Å². The number of hydrogen-bond donors (Lipinski definition) is 0. The van der Waals surface area contributed by atoms with Crippen LogP contribution in [0, 0.1) is 0 Å². The minimum Gasteiger partial charge on any atom is -0.403 e. The third-order valence-corrected chi connectivity index (χ3v) is 10.7. The summed E-state index contributed by atoms with van der Waals surface area (Å²) >= 11 is 0. The first-order valence-electron chi connectivity index (χ1n) is 8.19. The zero-order valence-corrected chi connectivity index (χ0v) is 16.1. The summed E-state index contributed by atoms with van der Waals surface area (Å²) < 4.78 is 20.4. The van der Waals surface area contributed by atoms with Gasteiger partial charge in [-0.2, -0.15) is 0 Å². The lowest BCUT2D eigenvalue weighted by Crippen LogP contribution is -2.49. The van der Waals surface area contributed by atoms with E-state index in [-0.39, 0.29) is 0 Å². The maximum Gasteiger partial charge on any atom is 0.324 e. The first-order chi connectivity index (χ1) is 9.57. The molecule has 4 nitrogen and oxygen atoms in total. The second kappa shape index (κ2) is 9.32. The van der Waals surface area contributed by atoms with Crippen molar-refractivity contribution in [1.82, 2.24) is 4.57 Å². The maximum atomic E-state index is 6.10. The Balaban J connectivity index is 2.44. The Kier molecular flexibility index (Phi) is 8.54. The van der Waals surface area contributed by atoms with Gasteiger partial charge in [0.15, 0.2) is 0 Å². The second-order valence-electron chi connectivity index (χ2n) is 5.74. The van der Waals surface area contributed by atoms with Gasteiger partial charge in [-0.3, -0.25) is 0 Å². The summed E-state index contributed by atoms with van der Waals surface area (Å²) in [4.78, 5) is 0. The molecule has 0 amide bonds. The lowest BCUT2D eigenvalue weighted by Gasteiger charge is -2.33. The van der Waals surface area contributed by atoms with Crippen LogP contribution in [0.5, 0.6) is 0 Å². The molecule has 1 heterocycles. The highest BCUT2D eigenvalue weighted by Crippen LogP contribution is 2.28. The van der Waals surface area contributed by atoms with Crippen LogP contribution in [0.25, 0.3) is 0 Å². The molecule has 120 valence electrons. The van der Waals surface area contributed by atoms with Gasteiger partial charge in [-0.25, -0.2) is 0 Å². The highest BCUT2D eigenvalue weighted by atomic mass is 28.4. The maximum absolute atomic E-state index is 6.10. The molecule has 1 aliphatic rings. The van der Waals surface area contributed by atoms with Crippen LogP contribution in [0.2, 0.25) is 18.1 Å². The molecule has 2 atom stereocenters. The fourth-order valence-electron chi connectivity index (χ4n) is 3.02. The van der Waals surface area contributed by atoms with E-state index in [1.54, 1.807) is 0 Å². The molecule has 0 bridgehead atoms. The van der Waals surface area contributed by atoms with Gasteiger partial charge in [0.25, 0.3) is 8.48 Å². The molecule has 0 radical (unpaired) electrons. The van der Waals surface area contributed by atoms with Gasteiger partial charge in [-0.05, 0) is 64.8 Å². The molecule has 0 aromatic rings. The fourth-order valence-corrected chi connectivity index (χ4v) is 8.16. The molecule has 0 aromatic carbocycles. The zero-order chi connectivity index (χ0) is 15.0. The fraction of sp³-hybridized carbons (Fsp3) is 1.00. The predicted molar refractivity (Wildman–Crippen MR) is 88.7 cm³/mol. The number of hydrogen-bond acceptors (Lipinski definition) is 4. The zero-order valence-electron chi connectivity index (χ0n) is 14.0. The Hall–Kier alpha value is 0.274. The molecule has 0 saturated carbocycles. The van der Waals surface area contributed by atoms with Gasteiger partial charge in [0.1, 0.15) is 0 Å². The van der Waals surface area contributed by atoms with Gasteiger partial charge in [0.2, 0.25) is 0 Å². The van der Waals surface area contributed by atoms with Crippen molar-refractivity contribution in [3.63, 3.8) is 0 Å². The monoisotopic (exact) mass is 319 g/mol. The summed E-state index contributed by atoms with van der Waals surface area (Å²) in [6.45, 7) is 15.7. The normalized spacial score (nSPS) is 25.5. The highest BCUT2D eigenvalue weighted by Gasteiger charge is 2.41. The molecule has 0 aliphatic carbocycles. The highest BCUT2D eigenvalue weighted by molar-refractivity contribution is 6.70. The predicted octanol–water partition coefficient (Wildman–Crippen LogP) is 2.87. The van der Waals surface area contributed by atoms with Gasteiger partial charge in [-0.1, -0.05) is 6.92 Å². The molecule has 6 heteroatoms. The number of rotatable bonds is 10. The minimum atomic E-state index is -1.59. The van der Waals surface area contributed by atoms with E-state index in [0.29, 0.717) is 5.54 Å². The molecule has 20 heavy (non-hydrogen) atoms. The van der Waals surface area contributed by atoms with E-state index in [4.69, 9.17) is 13.3 Å². The SMILES string of the molecule is CCO[SiH](OCC)C(C)CCN1CCC[Si]1(C)OCC. The number of nitrogens with zero attached hydrogens (tertiary/aromatic N) is 1. The largest absolute Gasteiger partial charge is 0.403 e. The van der Waals surface area contributed by atoms with Crippen LogP contribution in [0.1, 0.15) is 40.5 Å². The van der Waals surface area contributed by atoms with Crippen molar-refractivity contribution in [2.45, 2.75) is 58.7 Å². The van der Waals surface area contributed by atoms with Crippen molar-refractivity contribution >= 4 is 17.8 Å². The molecule has 1 aliphatic heterocycles. The topological polar surface area (TPSA) is 30.9 Å². The standard InChI is InChI=1S/C14H33NO3Si2/c1-6-16-19(17-7-2)14(4)10-12-15-11-9-13-20(15,5)18-8-3/h14,19H,6-13H2,1-5H3. The Morgan fingerprint density at radius 2 is 1.80 bits per heavy atom. The smallest absolute Gasteiger partial charge is 0.324 e. The Labute approximate surface area is 127 Å². The molecular formula is C14H33NO3Si2. The lowest BCUT2D eigenvalue weighted by atomic mass is 10.3. The van der Waals surface area contributed by atoms with E-state index in [9.17, 15) is 0 Å². The summed E-state index contributed by atoms with van der Waals surface area (Å²) in [6, 6.07) is 1.28. The van der Waals surface area contributed by atoms with Crippen LogP contribution in [0.4, 0.5) is 0 Å². The minimum absolute atomic E-state index is 0.565. The van der Waals surface area contributed by atoms with E-state index in [1.807, 2.05) is 0 Å². The van der Waals surface area contributed by atoms with E-state index in [0.717, 1.165) is 26.4 Å². The average molecular weight is 320 g/mol. The third-order valence-electron chi connectivity index (χ3n) is 4.17. The molecule has 1 saturated heterocycles. The van der Waals surface area contributed by atoms with Gasteiger partial charge in [-0.15, -0.1) is 0 Å². The van der Waals surface area contributed by atoms with Crippen LogP contribution in [0.15, 0.2) is 0 Å². The molecule has 2 unspecified atom stereocenters. The summed E-state index contributed by atoms with van der Waals surface area (Å²) in [5.74, 6) is 0. The van der Waals surface area contributed by atoms with E-state index in [1.165, 1.54) is 25.4 Å². The first kappa shape index (κ1) is 18.3. The van der Waals surface area contributed by atoms with E-state index in [2.05, 4.69) is 38.8 Å². The van der Waals surface area contributed by atoms with Gasteiger partial charge >= 0.3 is 9.28 Å². The summed E-state index contributed by atoms with van der Waals surface area (Å²) in [7, 11) is -3.09. The molecular weight excluding hydrogens is 286 g/mol. The quantitative estimate of drug-likeness (QED) is 0.579. The summed E-state index contributed by atoms with van der Waals surface area (Å²) in [6.07, 6.45) is 2.47. The van der Waals surface area contributed by atoms with Crippen LogP contribution in [0.3, 0.4) is 0 Å². The van der Waals surface area contributed by atoms with Crippen LogP contribution >= 0.6 is 0 Å². The van der Waals surface area contributed by atoms with Gasteiger partial charge < -0.3 is 17.8 Å². The molecule has 1 fully saturated rings. The van der Waals surface area contributed by atoms with Crippen molar-refractivity contribution in [3.05, 3.63) is 0 Å². The Bertz CT molecular complexity index is 265. The van der Waals surface area contributed by atoms with Crippen molar-refractivity contribution in [2.24, 2.45) is 0 Å². The molecule has 0 aromatic heterocycles. The molecule has 0 spiro atoms. The lowest BCUT2D eigenvalue weighted by molar-refractivity contribution is 0.201. The van der Waals surface area contributed by atoms with Crippen molar-refractivity contribution in [2.75, 3.05) is 32.9 Å². The van der Waals surface area contributed by atoms with Gasteiger partial charge in [0, 0.05) is 19.8 Å². The van der Waals surface area contributed by atoms with Crippen LogP contribution in [-0.2, 0) is 13.3 Å². The van der Waals surface area contributed by atoms with E-state index < -0.39 is 17.8 Å². The second-order valence-corrected chi connectivity index (χ2v) is 12.1. The first-order valence-corrected chi connectivity index (χ1v) is 12.4. The Morgan fingerprint density at radius 3 is 2.35 bits per heavy atom. The molecule has 1 rings (SSSR count). The third kappa shape index (κ3) is 5.23. The van der Waals surface area contributed by atoms with E-state index >= 15 is 0 Å². The summed E-state index contributed by atoms with van der Waals surface area (Å²) in [5.41, 5.74) is 0.565. The summed E-state index contributed by atoms with van der Waals surface area (Å²) in [5, 5.41) is 0. The van der Waals surface area contributed by atoms with Crippen molar-refractivity contribution in [1.29, 1.82) is 0 Å². The van der Waals surface area contributed by atoms with Crippen molar-refractivity contribution < 1.29 is 13.3 Å². The average Bonchev–Trinajstić information content (AvgIpc) is 2.77. The van der Waals surface area contributed by atoms with Crippen molar-refractivity contribution in [3.8, 4) is 0 Å². The van der Waals surface area contributed by atoms with Gasteiger partial charge in [0.05, 0.1) is 0 Å². The Morgan fingerprint density at radius 1 is 1.15 bits per heavy atom.